The molecule has 0 saturated carbocycles. The van der Waals surface area contributed by atoms with E-state index in [1.165, 1.54) is 6.42 Å². The molecule has 30 heavy (non-hydrogen) atoms. The predicted octanol–water partition coefficient (Wildman–Crippen LogP) is 4.26. The Morgan fingerprint density at radius 3 is 2.80 bits per heavy atom. The molecule has 1 fully saturated rings. The summed E-state index contributed by atoms with van der Waals surface area (Å²) in [7, 11) is 3.13. The van der Waals surface area contributed by atoms with Crippen LogP contribution >= 0.6 is 0 Å². The smallest absolute Gasteiger partial charge is 0.231 e. The number of carbonyl (C=O) groups is 1. The van der Waals surface area contributed by atoms with Crippen LogP contribution in [0.3, 0.4) is 0 Å². The summed E-state index contributed by atoms with van der Waals surface area (Å²) >= 11 is 0. The number of carbonyl (C=O) groups excluding carboxylic acids is 1. The number of para-hydroxylation sites is 1. The van der Waals surface area contributed by atoms with Crippen LogP contribution in [0.4, 0.5) is 0 Å². The lowest BCUT2D eigenvalue weighted by Gasteiger charge is -2.31. The first kappa shape index (κ1) is 20.3. The maximum atomic E-state index is 13.0. The highest BCUT2D eigenvalue weighted by atomic mass is 16.5. The SMILES string of the molecule is COc1cccc(/C=C2\Oc3c(ccc(O)c3CN3CCC[C@H](C)C3)C2=O)c1OC. The van der Waals surface area contributed by atoms with Crippen LogP contribution in [0.2, 0.25) is 0 Å². The number of nitrogens with zero attached hydrogens (tertiary/aromatic N) is 1. The average Bonchev–Trinajstić information content (AvgIpc) is 3.05. The van der Waals surface area contributed by atoms with Gasteiger partial charge in [0.1, 0.15) is 11.5 Å². The predicted molar refractivity (Wildman–Crippen MR) is 114 cm³/mol. The van der Waals surface area contributed by atoms with Gasteiger partial charge in [0, 0.05) is 18.7 Å². The van der Waals surface area contributed by atoms with E-state index in [1.54, 1.807) is 38.5 Å². The molecular formula is C24H27NO5. The number of ether oxygens (including phenoxy) is 3. The molecule has 0 aliphatic carbocycles. The minimum Gasteiger partial charge on any atom is -0.507 e. The van der Waals surface area contributed by atoms with Crippen molar-refractivity contribution in [1.29, 1.82) is 0 Å². The minimum atomic E-state index is -0.205. The largest absolute Gasteiger partial charge is 0.507 e. The molecule has 6 heteroatoms. The number of phenolic OH excluding ortho intramolecular Hbond substituents is 1. The fraction of sp³-hybridized carbons (Fsp3) is 0.375. The van der Waals surface area contributed by atoms with Crippen molar-refractivity contribution >= 4 is 11.9 Å². The third-order valence-electron chi connectivity index (χ3n) is 5.76. The molecule has 6 nitrogen and oxygen atoms in total. The van der Waals surface area contributed by atoms with Crippen LogP contribution in [0.15, 0.2) is 36.1 Å². The van der Waals surface area contributed by atoms with Gasteiger partial charge < -0.3 is 19.3 Å². The number of allylic oxidation sites excluding steroid dienone is 1. The van der Waals surface area contributed by atoms with Gasteiger partial charge in [-0.1, -0.05) is 19.1 Å². The quantitative estimate of drug-likeness (QED) is 0.745. The molecule has 0 amide bonds. The zero-order valence-electron chi connectivity index (χ0n) is 17.6. The molecule has 2 heterocycles. The Bertz CT molecular complexity index is 997. The molecule has 2 aliphatic heterocycles. The fourth-order valence-corrected chi connectivity index (χ4v) is 4.27. The highest BCUT2D eigenvalue weighted by Gasteiger charge is 2.32. The van der Waals surface area contributed by atoms with Crippen molar-refractivity contribution < 1.29 is 24.1 Å². The molecule has 0 aromatic heterocycles. The summed E-state index contributed by atoms with van der Waals surface area (Å²) in [5.41, 5.74) is 1.82. The number of phenols is 1. The molecule has 1 atom stereocenters. The zero-order valence-corrected chi connectivity index (χ0v) is 17.6. The summed E-state index contributed by atoms with van der Waals surface area (Å²) in [6, 6.07) is 8.66. The number of fused-ring (bicyclic) bond motifs is 1. The molecule has 158 valence electrons. The Morgan fingerprint density at radius 1 is 1.23 bits per heavy atom. The molecule has 4 rings (SSSR count). The van der Waals surface area contributed by atoms with E-state index < -0.39 is 0 Å². The Balaban J connectivity index is 1.67. The van der Waals surface area contributed by atoms with Gasteiger partial charge in [-0.05, 0) is 49.6 Å². The second-order valence-corrected chi connectivity index (χ2v) is 7.94. The van der Waals surface area contributed by atoms with E-state index in [9.17, 15) is 9.90 Å². The molecule has 0 radical (unpaired) electrons. The second-order valence-electron chi connectivity index (χ2n) is 7.94. The molecule has 2 aromatic carbocycles. The number of rotatable bonds is 5. The van der Waals surface area contributed by atoms with E-state index in [4.69, 9.17) is 14.2 Å². The zero-order chi connectivity index (χ0) is 21.3. The van der Waals surface area contributed by atoms with Crippen LogP contribution in [0.25, 0.3) is 6.08 Å². The van der Waals surface area contributed by atoms with Crippen LogP contribution < -0.4 is 14.2 Å². The average molecular weight is 409 g/mol. The summed E-state index contributed by atoms with van der Waals surface area (Å²) < 4.78 is 16.8. The van der Waals surface area contributed by atoms with E-state index in [2.05, 4.69) is 11.8 Å². The molecule has 1 N–H and O–H groups in total. The van der Waals surface area contributed by atoms with Crippen LogP contribution in [0.1, 0.15) is 41.3 Å². The van der Waals surface area contributed by atoms with Gasteiger partial charge in [-0.2, -0.15) is 0 Å². The van der Waals surface area contributed by atoms with Crippen molar-refractivity contribution in [3.8, 4) is 23.0 Å². The number of methoxy groups -OCH3 is 2. The molecule has 0 bridgehead atoms. The Labute approximate surface area is 176 Å². The lowest BCUT2D eigenvalue weighted by molar-refractivity contribution is 0.101. The Kier molecular flexibility index (Phi) is 5.68. The van der Waals surface area contributed by atoms with Gasteiger partial charge >= 0.3 is 0 Å². The van der Waals surface area contributed by atoms with Crippen molar-refractivity contribution in [3.63, 3.8) is 0 Å². The first-order chi connectivity index (χ1) is 14.5. The van der Waals surface area contributed by atoms with Crippen LogP contribution in [-0.4, -0.2) is 43.1 Å². The van der Waals surface area contributed by atoms with Gasteiger partial charge in [-0.25, -0.2) is 0 Å². The molecule has 0 spiro atoms. The van der Waals surface area contributed by atoms with E-state index in [0.29, 0.717) is 46.4 Å². The van der Waals surface area contributed by atoms with Crippen LogP contribution in [0, 0.1) is 5.92 Å². The molecular weight excluding hydrogens is 382 g/mol. The number of likely N-dealkylation sites (tertiary alicyclic amines) is 1. The van der Waals surface area contributed by atoms with Gasteiger partial charge in [0.2, 0.25) is 5.78 Å². The number of ketones is 1. The standard InChI is InChI=1S/C24H27NO5/c1-15-6-5-11-25(13-15)14-18-19(26)10-9-17-22(27)21(30-24(17)18)12-16-7-4-8-20(28-2)23(16)29-3/h4,7-10,12,15,26H,5-6,11,13-14H2,1-3H3/b21-12-/t15-/m0/s1. The normalized spacial score (nSPS) is 20.2. The van der Waals surface area contributed by atoms with Gasteiger partial charge in [-0.3, -0.25) is 9.69 Å². The third kappa shape index (κ3) is 3.75. The van der Waals surface area contributed by atoms with Crippen molar-refractivity contribution in [3.05, 3.63) is 52.8 Å². The van der Waals surface area contributed by atoms with Crippen LogP contribution in [0.5, 0.6) is 23.0 Å². The number of aromatic hydroxyl groups is 1. The molecule has 2 aliphatic rings. The lowest BCUT2D eigenvalue weighted by Crippen LogP contribution is -2.33. The minimum absolute atomic E-state index is 0.153. The highest BCUT2D eigenvalue weighted by Crippen LogP contribution is 2.41. The summed E-state index contributed by atoms with van der Waals surface area (Å²) in [4.78, 5) is 15.3. The Morgan fingerprint density at radius 2 is 2.07 bits per heavy atom. The van der Waals surface area contributed by atoms with Crippen molar-refractivity contribution in [2.75, 3.05) is 27.3 Å². The summed E-state index contributed by atoms with van der Waals surface area (Å²) in [6.07, 6.45) is 4.02. The van der Waals surface area contributed by atoms with Crippen molar-refractivity contribution in [1.82, 2.24) is 4.90 Å². The third-order valence-corrected chi connectivity index (χ3v) is 5.76. The molecule has 2 aromatic rings. The highest BCUT2D eigenvalue weighted by molar-refractivity contribution is 6.15. The van der Waals surface area contributed by atoms with E-state index in [0.717, 1.165) is 19.5 Å². The van der Waals surface area contributed by atoms with Gasteiger partial charge in [-0.15, -0.1) is 0 Å². The first-order valence-electron chi connectivity index (χ1n) is 10.2. The fourth-order valence-electron chi connectivity index (χ4n) is 4.27. The number of hydrogen-bond acceptors (Lipinski definition) is 6. The van der Waals surface area contributed by atoms with Crippen molar-refractivity contribution in [2.45, 2.75) is 26.3 Å². The van der Waals surface area contributed by atoms with Gasteiger partial charge in [0.05, 0.1) is 25.3 Å². The summed E-state index contributed by atoms with van der Waals surface area (Å²) in [6.45, 7) is 4.75. The monoisotopic (exact) mass is 409 g/mol. The van der Waals surface area contributed by atoms with Gasteiger partial charge in [0.25, 0.3) is 0 Å². The lowest BCUT2D eigenvalue weighted by atomic mass is 9.99. The number of benzene rings is 2. The molecule has 0 unspecified atom stereocenters. The van der Waals surface area contributed by atoms with E-state index in [-0.39, 0.29) is 17.3 Å². The Hall–Kier alpha value is -2.99. The van der Waals surface area contributed by atoms with E-state index in [1.807, 2.05) is 12.1 Å². The van der Waals surface area contributed by atoms with Crippen molar-refractivity contribution in [2.24, 2.45) is 5.92 Å². The summed E-state index contributed by atoms with van der Waals surface area (Å²) in [5, 5.41) is 10.5. The topological polar surface area (TPSA) is 68.2 Å². The first-order valence-corrected chi connectivity index (χ1v) is 10.2. The van der Waals surface area contributed by atoms with Gasteiger partial charge in [0.15, 0.2) is 17.3 Å². The maximum absolute atomic E-state index is 13.0. The number of Topliss-reactive ketones (excluding diaryl/α,β-unsaturated/α-hetero) is 1. The van der Waals surface area contributed by atoms with Crippen LogP contribution in [-0.2, 0) is 6.54 Å². The summed E-state index contributed by atoms with van der Waals surface area (Å²) in [5.74, 6) is 2.33. The molecule has 1 saturated heterocycles. The number of hydrogen-bond donors (Lipinski definition) is 1. The maximum Gasteiger partial charge on any atom is 0.231 e. The second kappa shape index (κ2) is 8.40. The number of piperidine rings is 1. The van der Waals surface area contributed by atoms with E-state index >= 15 is 0 Å².